The second-order valence-electron chi connectivity index (χ2n) is 3.56. The number of anilines is 1. The molecule has 0 bridgehead atoms. The Kier molecular flexibility index (Phi) is 3.92. The van der Waals surface area contributed by atoms with E-state index in [2.05, 4.69) is 13.0 Å². The third-order valence-electron chi connectivity index (χ3n) is 2.28. The molecular formula is C11H18N2O. The van der Waals surface area contributed by atoms with Gasteiger partial charge < -0.3 is 15.7 Å². The molecule has 1 aromatic rings. The monoisotopic (exact) mass is 194 g/mol. The number of aryl methyl sites for hydroxylation is 1. The Morgan fingerprint density at radius 3 is 2.64 bits per heavy atom. The Morgan fingerprint density at radius 2 is 2.07 bits per heavy atom. The van der Waals surface area contributed by atoms with Crippen LogP contribution in [-0.2, 0) is 0 Å². The number of hydrogen-bond donors (Lipinski definition) is 2. The van der Waals surface area contributed by atoms with Crippen LogP contribution in [0.2, 0.25) is 0 Å². The average Bonchev–Trinajstić information content (AvgIpc) is 2.18. The van der Waals surface area contributed by atoms with Gasteiger partial charge in [0.2, 0.25) is 0 Å². The number of aliphatic hydroxyl groups is 1. The molecule has 3 heteroatoms. The SMILES string of the molecule is Cc1ccccc1N(C)C[C@@H](O)CN. The molecule has 0 saturated carbocycles. The van der Waals surface area contributed by atoms with Crippen LogP contribution in [0.3, 0.4) is 0 Å². The van der Waals surface area contributed by atoms with Crippen molar-refractivity contribution in [3.05, 3.63) is 29.8 Å². The summed E-state index contributed by atoms with van der Waals surface area (Å²) in [4.78, 5) is 2.02. The third-order valence-corrected chi connectivity index (χ3v) is 2.28. The first-order chi connectivity index (χ1) is 6.65. The summed E-state index contributed by atoms with van der Waals surface area (Å²) in [6, 6.07) is 8.10. The average molecular weight is 194 g/mol. The van der Waals surface area contributed by atoms with Crippen LogP contribution < -0.4 is 10.6 Å². The Morgan fingerprint density at radius 1 is 1.43 bits per heavy atom. The zero-order valence-corrected chi connectivity index (χ0v) is 8.77. The lowest BCUT2D eigenvalue weighted by Gasteiger charge is -2.23. The van der Waals surface area contributed by atoms with E-state index in [1.165, 1.54) is 5.56 Å². The van der Waals surface area contributed by atoms with Gasteiger partial charge in [0, 0.05) is 25.8 Å². The molecule has 78 valence electrons. The molecule has 0 unspecified atom stereocenters. The summed E-state index contributed by atoms with van der Waals surface area (Å²) >= 11 is 0. The van der Waals surface area contributed by atoms with Gasteiger partial charge in [-0.05, 0) is 18.6 Å². The largest absolute Gasteiger partial charge is 0.390 e. The van der Waals surface area contributed by atoms with E-state index in [1.807, 2.05) is 30.1 Å². The summed E-state index contributed by atoms with van der Waals surface area (Å²) in [6.07, 6.45) is -0.459. The van der Waals surface area contributed by atoms with Gasteiger partial charge >= 0.3 is 0 Å². The highest BCUT2D eigenvalue weighted by Crippen LogP contribution is 2.17. The van der Waals surface area contributed by atoms with E-state index in [9.17, 15) is 5.11 Å². The lowest BCUT2D eigenvalue weighted by atomic mass is 10.2. The maximum atomic E-state index is 9.41. The smallest absolute Gasteiger partial charge is 0.0836 e. The molecule has 0 spiro atoms. The number of aliphatic hydroxyl groups excluding tert-OH is 1. The Hall–Kier alpha value is -1.06. The van der Waals surface area contributed by atoms with E-state index in [0.29, 0.717) is 13.1 Å². The summed E-state index contributed by atoms with van der Waals surface area (Å²) < 4.78 is 0. The van der Waals surface area contributed by atoms with Gasteiger partial charge in [0.25, 0.3) is 0 Å². The second-order valence-corrected chi connectivity index (χ2v) is 3.56. The maximum absolute atomic E-state index is 9.41. The number of rotatable bonds is 4. The summed E-state index contributed by atoms with van der Waals surface area (Å²) in [5, 5.41) is 9.41. The first kappa shape index (κ1) is 11.0. The molecule has 0 aliphatic rings. The van der Waals surface area contributed by atoms with E-state index in [-0.39, 0.29) is 0 Å². The maximum Gasteiger partial charge on any atom is 0.0836 e. The quantitative estimate of drug-likeness (QED) is 0.743. The van der Waals surface area contributed by atoms with Gasteiger partial charge in [0.05, 0.1) is 6.10 Å². The Balaban J connectivity index is 2.69. The predicted octanol–water partition coefficient (Wildman–Crippen LogP) is 0.751. The zero-order chi connectivity index (χ0) is 10.6. The fourth-order valence-corrected chi connectivity index (χ4v) is 1.48. The number of para-hydroxylation sites is 1. The first-order valence-corrected chi connectivity index (χ1v) is 4.80. The van der Waals surface area contributed by atoms with Crippen LogP contribution in [-0.4, -0.2) is 31.3 Å². The van der Waals surface area contributed by atoms with E-state index in [4.69, 9.17) is 5.73 Å². The summed E-state index contributed by atoms with van der Waals surface area (Å²) in [5.74, 6) is 0. The van der Waals surface area contributed by atoms with Gasteiger partial charge in [0.1, 0.15) is 0 Å². The van der Waals surface area contributed by atoms with E-state index >= 15 is 0 Å². The van der Waals surface area contributed by atoms with Crippen molar-refractivity contribution in [2.45, 2.75) is 13.0 Å². The van der Waals surface area contributed by atoms with Crippen LogP contribution in [0.25, 0.3) is 0 Å². The van der Waals surface area contributed by atoms with Crippen molar-refractivity contribution in [1.82, 2.24) is 0 Å². The molecule has 14 heavy (non-hydrogen) atoms. The lowest BCUT2D eigenvalue weighted by Crippen LogP contribution is -2.34. The van der Waals surface area contributed by atoms with Gasteiger partial charge in [-0.15, -0.1) is 0 Å². The van der Waals surface area contributed by atoms with Crippen LogP contribution in [0.5, 0.6) is 0 Å². The minimum atomic E-state index is -0.459. The van der Waals surface area contributed by atoms with Crippen LogP contribution in [0, 0.1) is 6.92 Å². The molecule has 0 radical (unpaired) electrons. The van der Waals surface area contributed by atoms with Crippen LogP contribution in [0.1, 0.15) is 5.56 Å². The van der Waals surface area contributed by atoms with Crippen molar-refractivity contribution >= 4 is 5.69 Å². The zero-order valence-electron chi connectivity index (χ0n) is 8.77. The fraction of sp³-hybridized carbons (Fsp3) is 0.455. The molecule has 0 aromatic heterocycles. The molecule has 0 aliphatic heterocycles. The van der Waals surface area contributed by atoms with E-state index < -0.39 is 6.10 Å². The molecule has 0 heterocycles. The number of nitrogens with zero attached hydrogens (tertiary/aromatic N) is 1. The Labute approximate surface area is 85.2 Å². The van der Waals surface area contributed by atoms with E-state index in [1.54, 1.807) is 0 Å². The van der Waals surface area contributed by atoms with Gasteiger partial charge in [-0.1, -0.05) is 18.2 Å². The van der Waals surface area contributed by atoms with Crippen molar-refractivity contribution < 1.29 is 5.11 Å². The molecule has 0 aliphatic carbocycles. The molecule has 1 rings (SSSR count). The summed E-state index contributed by atoms with van der Waals surface area (Å²) in [6.45, 7) is 2.93. The molecule has 3 nitrogen and oxygen atoms in total. The summed E-state index contributed by atoms with van der Waals surface area (Å²) in [5.41, 5.74) is 7.71. The normalized spacial score (nSPS) is 12.6. The standard InChI is InChI=1S/C11H18N2O/c1-9-5-3-4-6-11(9)13(2)8-10(14)7-12/h3-6,10,14H,7-8,12H2,1-2H3/t10-/m0/s1. The summed E-state index contributed by atoms with van der Waals surface area (Å²) in [7, 11) is 1.96. The highest BCUT2D eigenvalue weighted by Gasteiger charge is 2.08. The van der Waals surface area contributed by atoms with Gasteiger partial charge in [-0.25, -0.2) is 0 Å². The number of likely N-dealkylation sites (N-methyl/N-ethyl adjacent to an activating group) is 1. The van der Waals surface area contributed by atoms with Crippen molar-refractivity contribution in [3.63, 3.8) is 0 Å². The molecule has 1 aromatic carbocycles. The third kappa shape index (κ3) is 2.72. The highest BCUT2D eigenvalue weighted by atomic mass is 16.3. The van der Waals surface area contributed by atoms with Crippen LogP contribution in [0.4, 0.5) is 5.69 Å². The van der Waals surface area contributed by atoms with Crippen LogP contribution >= 0.6 is 0 Å². The number of benzene rings is 1. The molecule has 1 atom stereocenters. The van der Waals surface area contributed by atoms with Crippen molar-refractivity contribution in [2.75, 3.05) is 25.0 Å². The first-order valence-electron chi connectivity index (χ1n) is 4.80. The van der Waals surface area contributed by atoms with Crippen molar-refractivity contribution in [3.8, 4) is 0 Å². The minimum Gasteiger partial charge on any atom is -0.390 e. The van der Waals surface area contributed by atoms with Crippen molar-refractivity contribution in [2.24, 2.45) is 5.73 Å². The van der Waals surface area contributed by atoms with Crippen LogP contribution in [0.15, 0.2) is 24.3 Å². The number of hydrogen-bond acceptors (Lipinski definition) is 3. The van der Waals surface area contributed by atoms with Gasteiger partial charge in [-0.2, -0.15) is 0 Å². The Bertz CT molecular complexity index is 288. The molecular weight excluding hydrogens is 176 g/mol. The highest BCUT2D eigenvalue weighted by molar-refractivity contribution is 5.52. The minimum absolute atomic E-state index is 0.302. The molecule has 3 N–H and O–H groups in total. The van der Waals surface area contributed by atoms with Gasteiger partial charge in [0.15, 0.2) is 0 Å². The van der Waals surface area contributed by atoms with Crippen molar-refractivity contribution in [1.29, 1.82) is 0 Å². The lowest BCUT2D eigenvalue weighted by molar-refractivity contribution is 0.189. The van der Waals surface area contributed by atoms with Gasteiger partial charge in [-0.3, -0.25) is 0 Å². The molecule has 0 fully saturated rings. The van der Waals surface area contributed by atoms with E-state index in [0.717, 1.165) is 5.69 Å². The molecule has 0 amide bonds. The predicted molar refractivity (Wildman–Crippen MR) is 59.5 cm³/mol. The molecule has 0 saturated heterocycles. The topological polar surface area (TPSA) is 49.5 Å². The number of nitrogens with two attached hydrogens (primary N) is 1. The second kappa shape index (κ2) is 4.98. The fourth-order valence-electron chi connectivity index (χ4n) is 1.48.